The van der Waals surface area contributed by atoms with Crippen molar-refractivity contribution in [1.82, 2.24) is 10.2 Å². The minimum atomic E-state index is -0.551. The highest BCUT2D eigenvalue weighted by molar-refractivity contribution is 7.99. The number of hydrogen-bond acceptors (Lipinski definition) is 4. The molecule has 2 aromatic rings. The van der Waals surface area contributed by atoms with E-state index in [1.807, 2.05) is 37.3 Å². The summed E-state index contributed by atoms with van der Waals surface area (Å²) in [6, 6.07) is 12.5. The number of carbonyl (C=O) groups is 2. The Hall–Kier alpha value is -1.89. The summed E-state index contributed by atoms with van der Waals surface area (Å²) in [6.45, 7) is 4.89. The number of benzene rings is 2. The number of thioether (sulfide) groups is 1. The largest absolute Gasteiger partial charge is 0.497 e. The lowest BCUT2D eigenvalue weighted by Gasteiger charge is -2.30. The zero-order chi connectivity index (χ0) is 24.2. The van der Waals surface area contributed by atoms with Gasteiger partial charge in [-0.3, -0.25) is 9.59 Å². The van der Waals surface area contributed by atoms with Crippen LogP contribution in [-0.4, -0.2) is 42.2 Å². The van der Waals surface area contributed by atoms with Crippen molar-refractivity contribution in [3.8, 4) is 5.75 Å². The molecule has 0 radical (unpaired) electrons. The van der Waals surface area contributed by atoms with Crippen LogP contribution in [0.1, 0.15) is 44.2 Å². The molecule has 0 aliphatic rings. The van der Waals surface area contributed by atoms with E-state index in [-0.39, 0.29) is 17.6 Å². The van der Waals surface area contributed by atoms with Gasteiger partial charge in [0, 0.05) is 18.8 Å². The smallest absolute Gasteiger partial charge is 0.242 e. The Balaban J connectivity index is 2.11. The molecule has 2 aromatic carbocycles. The minimum absolute atomic E-state index is 0.0860. The second-order valence-electron chi connectivity index (χ2n) is 7.68. The van der Waals surface area contributed by atoms with Gasteiger partial charge in [-0.05, 0) is 48.2 Å². The summed E-state index contributed by atoms with van der Waals surface area (Å²) >= 11 is 13.8. The Labute approximate surface area is 211 Å². The molecule has 8 heteroatoms. The Morgan fingerprint density at radius 1 is 1.06 bits per heavy atom. The van der Waals surface area contributed by atoms with Crippen molar-refractivity contribution in [2.75, 3.05) is 19.4 Å². The first-order valence-electron chi connectivity index (χ1n) is 11.1. The molecule has 0 bridgehead atoms. The Kier molecular flexibility index (Phi) is 11.9. The first kappa shape index (κ1) is 27.4. The SMILES string of the molecule is CCCCNC(=O)[C@@H](CC)N(Cc1ccc(Cl)c(Cl)c1)C(=O)CSCc1ccc(OC)cc1. The quantitative estimate of drug-likeness (QED) is 0.337. The Bertz CT molecular complexity index is 909. The third-order valence-electron chi connectivity index (χ3n) is 5.21. The number of nitrogens with one attached hydrogen (secondary N) is 1. The number of ether oxygens (including phenoxy) is 1. The van der Waals surface area contributed by atoms with Gasteiger partial charge in [-0.2, -0.15) is 0 Å². The number of unbranched alkanes of at least 4 members (excludes halogenated alkanes) is 1. The molecular formula is C25H32Cl2N2O3S. The van der Waals surface area contributed by atoms with Crippen LogP contribution in [0, 0.1) is 0 Å². The van der Waals surface area contributed by atoms with E-state index in [9.17, 15) is 9.59 Å². The lowest BCUT2D eigenvalue weighted by atomic mass is 10.1. The van der Waals surface area contributed by atoms with E-state index in [2.05, 4.69) is 12.2 Å². The van der Waals surface area contributed by atoms with Gasteiger partial charge in [-0.1, -0.05) is 61.7 Å². The maximum Gasteiger partial charge on any atom is 0.242 e. The molecule has 0 spiro atoms. The lowest BCUT2D eigenvalue weighted by Crippen LogP contribution is -2.49. The highest BCUT2D eigenvalue weighted by atomic mass is 35.5. The highest BCUT2D eigenvalue weighted by Gasteiger charge is 2.28. The zero-order valence-electron chi connectivity index (χ0n) is 19.4. The normalized spacial score (nSPS) is 11.7. The van der Waals surface area contributed by atoms with Crippen LogP contribution in [0.25, 0.3) is 0 Å². The molecule has 180 valence electrons. The number of carbonyl (C=O) groups excluding carboxylic acids is 2. The third-order valence-corrected chi connectivity index (χ3v) is 6.93. The summed E-state index contributed by atoms with van der Waals surface area (Å²) in [5.74, 6) is 1.55. The summed E-state index contributed by atoms with van der Waals surface area (Å²) in [4.78, 5) is 27.8. The number of rotatable bonds is 13. The zero-order valence-corrected chi connectivity index (χ0v) is 21.7. The maximum absolute atomic E-state index is 13.3. The minimum Gasteiger partial charge on any atom is -0.497 e. The third kappa shape index (κ3) is 8.76. The average Bonchev–Trinajstić information content (AvgIpc) is 2.81. The molecule has 0 unspecified atom stereocenters. The first-order valence-corrected chi connectivity index (χ1v) is 13.0. The number of nitrogens with zero attached hydrogens (tertiary/aromatic N) is 1. The number of methoxy groups -OCH3 is 1. The van der Waals surface area contributed by atoms with Gasteiger partial charge >= 0.3 is 0 Å². The van der Waals surface area contributed by atoms with E-state index < -0.39 is 6.04 Å². The summed E-state index contributed by atoms with van der Waals surface area (Å²) < 4.78 is 5.19. The van der Waals surface area contributed by atoms with Gasteiger partial charge < -0.3 is 15.0 Å². The average molecular weight is 512 g/mol. The molecular weight excluding hydrogens is 479 g/mol. The summed E-state index contributed by atoms with van der Waals surface area (Å²) in [5.41, 5.74) is 1.94. The van der Waals surface area contributed by atoms with Crippen molar-refractivity contribution < 1.29 is 14.3 Å². The van der Waals surface area contributed by atoms with Crippen LogP contribution >= 0.6 is 35.0 Å². The van der Waals surface area contributed by atoms with Crippen LogP contribution in [0.5, 0.6) is 5.75 Å². The van der Waals surface area contributed by atoms with Crippen LogP contribution in [0.4, 0.5) is 0 Å². The fourth-order valence-corrected chi connectivity index (χ4v) is 4.51. The van der Waals surface area contributed by atoms with Crippen LogP contribution in [0.3, 0.4) is 0 Å². The van der Waals surface area contributed by atoms with Gasteiger partial charge in [0.05, 0.1) is 22.9 Å². The Morgan fingerprint density at radius 2 is 1.76 bits per heavy atom. The van der Waals surface area contributed by atoms with E-state index in [0.29, 0.717) is 35.3 Å². The van der Waals surface area contributed by atoms with Crippen LogP contribution in [-0.2, 0) is 21.9 Å². The van der Waals surface area contributed by atoms with Gasteiger partial charge in [0.1, 0.15) is 11.8 Å². The molecule has 1 atom stereocenters. The van der Waals surface area contributed by atoms with E-state index in [4.69, 9.17) is 27.9 Å². The van der Waals surface area contributed by atoms with Crippen molar-refractivity contribution >= 4 is 46.8 Å². The number of hydrogen-bond donors (Lipinski definition) is 1. The summed E-state index contributed by atoms with van der Waals surface area (Å²) in [6.07, 6.45) is 2.42. The van der Waals surface area contributed by atoms with Crippen LogP contribution in [0.2, 0.25) is 10.0 Å². The molecule has 2 rings (SSSR count). The van der Waals surface area contributed by atoms with Crippen molar-refractivity contribution in [1.29, 1.82) is 0 Å². The van der Waals surface area contributed by atoms with E-state index in [1.165, 1.54) is 11.8 Å². The molecule has 2 amide bonds. The second kappa shape index (κ2) is 14.4. The maximum atomic E-state index is 13.3. The number of amides is 2. The van der Waals surface area contributed by atoms with Gasteiger partial charge in [0.2, 0.25) is 11.8 Å². The molecule has 0 saturated heterocycles. The first-order chi connectivity index (χ1) is 15.9. The molecule has 33 heavy (non-hydrogen) atoms. The lowest BCUT2D eigenvalue weighted by molar-refractivity contribution is -0.139. The molecule has 5 nitrogen and oxygen atoms in total. The van der Waals surface area contributed by atoms with Gasteiger partial charge in [0.25, 0.3) is 0 Å². The van der Waals surface area contributed by atoms with Crippen molar-refractivity contribution in [2.45, 2.75) is 51.4 Å². The topological polar surface area (TPSA) is 58.6 Å². The van der Waals surface area contributed by atoms with Crippen molar-refractivity contribution in [2.24, 2.45) is 0 Å². The predicted molar refractivity (Wildman–Crippen MR) is 138 cm³/mol. The second-order valence-corrected chi connectivity index (χ2v) is 9.48. The van der Waals surface area contributed by atoms with Crippen LogP contribution < -0.4 is 10.1 Å². The molecule has 1 N–H and O–H groups in total. The van der Waals surface area contributed by atoms with Crippen molar-refractivity contribution in [3.63, 3.8) is 0 Å². The Morgan fingerprint density at radius 3 is 2.36 bits per heavy atom. The summed E-state index contributed by atoms with van der Waals surface area (Å²) in [5, 5.41) is 3.85. The van der Waals surface area contributed by atoms with E-state index in [1.54, 1.807) is 24.1 Å². The molecule has 0 aliphatic carbocycles. The molecule has 0 saturated carbocycles. The van der Waals surface area contributed by atoms with E-state index in [0.717, 1.165) is 29.7 Å². The number of halogens is 2. The fraction of sp³-hybridized carbons (Fsp3) is 0.440. The standard InChI is InChI=1S/C25H32Cl2N2O3S/c1-4-6-13-28-25(31)23(5-2)29(15-19-9-12-21(26)22(27)14-19)24(30)17-33-16-18-7-10-20(32-3)11-8-18/h7-12,14,23H,4-6,13,15-17H2,1-3H3,(H,28,31)/t23-/m1/s1. The van der Waals surface area contributed by atoms with E-state index >= 15 is 0 Å². The van der Waals surface area contributed by atoms with Gasteiger partial charge in [0.15, 0.2) is 0 Å². The van der Waals surface area contributed by atoms with Crippen LogP contribution in [0.15, 0.2) is 42.5 Å². The predicted octanol–water partition coefficient (Wildman–Crippen LogP) is 5.96. The van der Waals surface area contributed by atoms with Gasteiger partial charge in [-0.15, -0.1) is 11.8 Å². The molecule has 0 aliphatic heterocycles. The molecule has 0 heterocycles. The molecule has 0 aromatic heterocycles. The monoisotopic (exact) mass is 510 g/mol. The fourth-order valence-electron chi connectivity index (χ4n) is 3.32. The summed E-state index contributed by atoms with van der Waals surface area (Å²) in [7, 11) is 1.63. The van der Waals surface area contributed by atoms with Gasteiger partial charge in [-0.25, -0.2) is 0 Å². The molecule has 0 fully saturated rings. The highest BCUT2D eigenvalue weighted by Crippen LogP contribution is 2.25. The van der Waals surface area contributed by atoms with Crippen molar-refractivity contribution in [3.05, 3.63) is 63.6 Å².